The number of amides is 1. The lowest BCUT2D eigenvalue weighted by atomic mass is 9.96. The van der Waals surface area contributed by atoms with Crippen LogP contribution in [0.3, 0.4) is 0 Å². The molecule has 184 valence electrons. The summed E-state index contributed by atoms with van der Waals surface area (Å²) in [7, 11) is -5.02. The van der Waals surface area contributed by atoms with E-state index in [2.05, 4.69) is 19.4 Å². The zero-order valence-corrected chi connectivity index (χ0v) is 16.9. The van der Waals surface area contributed by atoms with Gasteiger partial charge in [0.05, 0.1) is 6.61 Å². The SMILES string of the molecule is CC(=O)NC1C(O)OC(COS(=O)(=O)O)[C@@H](O[C@@H]2OC(C(=O)O)=C[C@H](O)C2O)[C@@H]1OOO. The van der Waals surface area contributed by atoms with Gasteiger partial charge in [0.25, 0.3) is 0 Å². The van der Waals surface area contributed by atoms with E-state index in [1.165, 1.54) is 0 Å². The number of aliphatic hydroxyl groups excluding tert-OH is 3. The molecule has 0 bridgehead atoms. The number of nitrogens with one attached hydrogen (secondary N) is 1. The van der Waals surface area contributed by atoms with Gasteiger partial charge in [-0.05, 0) is 6.08 Å². The lowest BCUT2D eigenvalue weighted by Gasteiger charge is -2.45. The molecule has 32 heavy (non-hydrogen) atoms. The van der Waals surface area contributed by atoms with Crippen molar-refractivity contribution in [3.8, 4) is 0 Å². The fraction of sp³-hybridized carbons (Fsp3) is 0.714. The van der Waals surface area contributed by atoms with Crippen LogP contribution in [0.1, 0.15) is 6.92 Å². The molecule has 1 fully saturated rings. The summed E-state index contributed by atoms with van der Waals surface area (Å²) >= 11 is 0. The van der Waals surface area contributed by atoms with Crippen molar-refractivity contribution in [1.29, 1.82) is 0 Å². The molecule has 0 radical (unpaired) electrons. The summed E-state index contributed by atoms with van der Waals surface area (Å²) in [6.07, 6.45) is -12.0. The number of rotatable bonds is 9. The maximum absolute atomic E-state index is 11.5. The number of hydrogen-bond donors (Lipinski definition) is 7. The Hall–Kier alpha value is -1.97. The van der Waals surface area contributed by atoms with Gasteiger partial charge < -0.3 is 40.0 Å². The van der Waals surface area contributed by atoms with Crippen LogP contribution in [-0.2, 0) is 48.3 Å². The number of ether oxygens (including phenoxy) is 3. The van der Waals surface area contributed by atoms with Crippen molar-refractivity contribution >= 4 is 22.3 Å². The summed E-state index contributed by atoms with van der Waals surface area (Å²) in [5, 5.41) is 53.7. The van der Waals surface area contributed by atoms with Crippen molar-refractivity contribution in [2.75, 3.05) is 6.61 Å². The van der Waals surface area contributed by atoms with Crippen molar-refractivity contribution in [2.45, 2.75) is 56.1 Å². The molecule has 7 N–H and O–H groups in total. The molecular formula is C14H21NO16S. The quantitative estimate of drug-likeness (QED) is 0.0928. The van der Waals surface area contributed by atoms with E-state index in [0.717, 1.165) is 6.92 Å². The van der Waals surface area contributed by atoms with Crippen LogP contribution in [0.15, 0.2) is 11.8 Å². The smallest absolute Gasteiger partial charge is 0.397 e. The molecule has 0 aliphatic carbocycles. The molecule has 2 aliphatic heterocycles. The molecule has 1 saturated heterocycles. The van der Waals surface area contributed by atoms with Crippen LogP contribution in [0.4, 0.5) is 0 Å². The van der Waals surface area contributed by atoms with Crippen molar-refractivity contribution in [2.24, 2.45) is 0 Å². The van der Waals surface area contributed by atoms with Crippen LogP contribution in [-0.4, -0.2) is 106 Å². The number of aliphatic hydroxyl groups is 3. The van der Waals surface area contributed by atoms with Gasteiger partial charge in [-0.3, -0.25) is 9.35 Å². The first kappa shape index (κ1) is 26.3. The third-order valence-electron chi connectivity index (χ3n) is 4.27. The Labute approximate surface area is 179 Å². The Kier molecular flexibility index (Phi) is 8.84. The Balaban J connectivity index is 2.37. The predicted molar refractivity (Wildman–Crippen MR) is 92.1 cm³/mol. The molecule has 8 atom stereocenters. The molecule has 0 aromatic heterocycles. The molecule has 18 heteroatoms. The summed E-state index contributed by atoms with van der Waals surface area (Å²) in [6.45, 7) is 0.00685. The van der Waals surface area contributed by atoms with E-state index in [-0.39, 0.29) is 0 Å². The first-order chi connectivity index (χ1) is 14.8. The third kappa shape index (κ3) is 6.76. The van der Waals surface area contributed by atoms with Gasteiger partial charge in [-0.2, -0.15) is 13.3 Å². The van der Waals surface area contributed by atoms with Gasteiger partial charge in [0.15, 0.2) is 6.29 Å². The number of carbonyl (C=O) groups is 2. The van der Waals surface area contributed by atoms with Gasteiger partial charge in [0.1, 0.15) is 36.6 Å². The van der Waals surface area contributed by atoms with Gasteiger partial charge in [0.2, 0.25) is 18.0 Å². The molecule has 2 heterocycles. The summed E-state index contributed by atoms with van der Waals surface area (Å²) < 4.78 is 50.3. The van der Waals surface area contributed by atoms with E-state index in [1.54, 1.807) is 0 Å². The zero-order valence-electron chi connectivity index (χ0n) is 16.1. The van der Waals surface area contributed by atoms with Crippen LogP contribution in [0.25, 0.3) is 0 Å². The molecule has 0 aromatic carbocycles. The molecular weight excluding hydrogens is 470 g/mol. The molecule has 0 aromatic rings. The van der Waals surface area contributed by atoms with Crippen LogP contribution in [0.2, 0.25) is 0 Å². The van der Waals surface area contributed by atoms with E-state index >= 15 is 0 Å². The second kappa shape index (κ2) is 10.8. The topological polar surface area (TPSA) is 257 Å². The third-order valence-corrected chi connectivity index (χ3v) is 4.70. The highest BCUT2D eigenvalue weighted by Gasteiger charge is 2.51. The first-order valence-corrected chi connectivity index (χ1v) is 10.0. The minimum Gasteiger partial charge on any atom is -0.475 e. The molecule has 17 nitrogen and oxygen atoms in total. The fourth-order valence-corrected chi connectivity index (χ4v) is 3.26. The summed E-state index contributed by atoms with van der Waals surface area (Å²) in [6, 6.07) is -1.54. The second-order valence-electron chi connectivity index (χ2n) is 6.54. The predicted octanol–water partition coefficient (Wildman–Crippen LogP) is -3.75. The van der Waals surface area contributed by atoms with Crippen LogP contribution < -0.4 is 5.32 Å². The average Bonchev–Trinajstić information content (AvgIpc) is 2.67. The van der Waals surface area contributed by atoms with E-state index < -0.39 is 83.8 Å². The molecule has 0 spiro atoms. The summed E-state index contributed by atoms with van der Waals surface area (Å²) in [5.74, 6) is -3.17. The highest BCUT2D eigenvalue weighted by atomic mass is 32.3. The second-order valence-corrected chi connectivity index (χ2v) is 7.63. The summed E-state index contributed by atoms with van der Waals surface area (Å²) in [5.41, 5.74) is 0. The van der Waals surface area contributed by atoms with E-state index in [9.17, 15) is 33.3 Å². The van der Waals surface area contributed by atoms with Gasteiger partial charge in [0, 0.05) is 6.92 Å². The normalized spacial score (nSPS) is 35.5. The van der Waals surface area contributed by atoms with Crippen molar-refractivity contribution in [1.82, 2.24) is 5.32 Å². The highest BCUT2D eigenvalue weighted by molar-refractivity contribution is 7.80. The maximum Gasteiger partial charge on any atom is 0.397 e. The van der Waals surface area contributed by atoms with E-state index in [1.807, 2.05) is 0 Å². The lowest BCUT2D eigenvalue weighted by molar-refractivity contribution is -0.523. The minimum atomic E-state index is -5.02. The summed E-state index contributed by atoms with van der Waals surface area (Å²) in [4.78, 5) is 27.2. The Morgan fingerprint density at radius 3 is 2.41 bits per heavy atom. The van der Waals surface area contributed by atoms with Crippen LogP contribution in [0.5, 0.6) is 0 Å². The minimum absolute atomic E-state index is 0.678. The largest absolute Gasteiger partial charge is 0.475 e. The van der Waals surface area contributed by atoms with Crippen molar-refractivity contribution in [3.05, 3.63) is 11.8 Å². The number of hydrogen-bond acceptors (Lipinski definition) is 14. The van der Waals surface area contributed by atoms with Crippen molar-refractivity contribution < 1.29 is 76.6 Å². The first-order valence-electron chi connectivity index (χ1n) is 8.66. The average molecular weight is 491 g/mol. The highest BCUT2D eigenvalue weighted by Crippen LogP contribution is 2.30. The Morgan fingerprint density at radius 1 is 1.22 bits per heavy atom. The number of aliphatic carboxylic acids is 1. The van der Waals surface area contributed by atoms with Gasteiger partial charge in [-0.1, -0.05) is 5.04 Å². The molecule has 2 aliphatic rings. The molecule has 2 rings (SSSR count). The van der Waals surface area contributed by atoms with Gasteiger partial charge in [-0.25, -0.2) is 14.2 Å². The van der Waals surface area contributed by atoms with E-state index in [4.69, 9.17) is 29.1 Å². The molecule has 4 unspecified atom stereocenters. The van der Waals surface area contributed by atoms with Gasteiger partial charge in [-0.15, -0.1) is 0 Å². The van der Waals surface area contributed by atoms with Crippen LogP contribution in [0, 0.1) is 0 Å². The number of carboxylic acid groups (broad SMARTS) is 1. The number of carbonyl (C=O) groups excluding carboxylic acids is 1. The Bertz CT molecular complexity index is 816. The van der Waals surface area contributed by atoms with Crippen LogP contribution >= 0.6 is 0 Å². The van der Waals surface area contributed by atoms with E-state index in [0.29, 0.717) is 6.08 Å². The monoisotopic (exact) mass is 491 g/mol. The van der Waals surface area contributed by atoms with Gasteiger partial charge >= 0.3 is 16.4 Å². The lowest BCUT2D eigenvalue weighted by Crippen LogP contribution is -2.66. The van der Waals surface area contributed by atoms with Crippen molar-refractivity contribution in [3.63, 3.8) is 0 Å². The Morgan fingerprint density at radius 2 is 1.88 bits per heavy atom. The fourth-order valence-electron chi connectivity index (χ4n) is 2.96. The maximum atomic E-state index is 11.5. The molecule has 0 saturated carbocycles. The standard InChI is InChI=1S/C14H21NO16S/c1-4(16)15-8-11(30-31-22)10(7(27-13(8)21)3-26-32(23,24)25)29-14-9(18)5(17)2-6(28-14)12(19)20/h2,5,7-11,13-14,17-18,21-22H,3H2,1H3,(H,15,16)(H,19,20)(H,23,24,25)/t5-,7?,8?,9?,10+,11+,13?,14-/m0/s1. The molecule has 1 amide bonds. The number of carboxylic acids is 1. The zero-order chi connectivity index (χ0) is 24.2.